The van der Waals surface area contributed by atoms with E-state index in [9.17, 15) is 0 Å². The van der Waals surface area contributed by atoms with E-state index in [0.717, 1.165) is 35.8 Å². The van der Waals surface area contributed by atoms with Gasteiger partial charge in [0.05, 0.1) is 7.11 Å². The first-order valence-electron chi connectivity index (χ1n) is 12.1. The second kappa shape index (κ2) is 8.50. The first kappa shape index (κ1) is 20.9. The lowest BCUT2D eigenvalue weighted by Gasteiger charge is -2.59. The van der Waals surface area contributed by atoms with Crippen molar-refractivity contribution in [1.82, 2.24) is 5.32 Å². The van der Waals surface area contributed by atoms with Crippen molar-refractivity contribution >= 4 is 0 Å². The van der Waals surface area contributed by atoms with Crippen molar-refractivity contribution in [2.75, 3.05) is 7.11 Å². The van der Waals surface area contributed by atoms with Crippen LogP contribution in [-0.2, 0) is 13.2 Å². The molecule has 0 heterocycles. The number of aryl methyl sites for hydroxylation is 1. The first-order chi connectivity index (χ1) is 15.1. The third kappa shape index (κ3) is 4.09. The second-order valence-electron chi connectivity index (χ2n) is 10.5. The molecule has 31 heavy (non-hydrogen) atoms. The van der Waals surface area contributed by atoms with Crippen molar-refractivity contribution in [3.63, 3.8) is 0 Å². The molecule has 6 rings (SSSR count). The summed E-state index contributed by atoms with van der Waals surface area (Å²) in [6.07, 6.45) is 8.79. The van der Waals surface area contributed by atoms with Gasteiger partial charge in [0.15, 0.2) is 11.5 Å². The largest absolute Gasteiger partial charge is 0.493 e. The molecule has 0 aliphatic heterocycles. The summed E-state index contributed by atoms with van der Waals surface area (Å²) in [5, 5.41) is 3.92. The van der Waals surface area contributed by atoms with Gasteiger partial charge in [-0.3, -0.25) is 0 Å². The molecule has 0 amide bonds. The van der Waals surface area contributed by atoms with Crippen molar-refractivity contribution < 1.29 is 9.47 Å². The second-order valence-corrected chi connectivity index (χ2v) is 10.5. The third-order valence-corrected chi connectivity index (χ3v) is 8.52. The maximum atomic E-state index is 6.34. The van der Waals surface area contributed by atoms with Gasteiger partial charge in [0.1, 0.15) is 6.61 Å². The van der Waals surface area contributed by atoms with Crippen LogP contribution in [0.1, 0.15) is 62.1 Å². The molecule has 3 heteroatoms. The molecule has 4 aliphatic carbocycles. The van der Waals surface area contributed by atoms with Crippen LogP contribution < -0.4 is 14.8 Å². The van der Waals surface area contributed by atoms with Gasteiger partial charge in [-0.2, -0.15) is 0 Å². The Balaban J connectivity index is 1.29. The van der Waals surface area contributed by atoms with Crippen LogP contribution in [0.2, 0.25) is 0 Å². The first-order valence-corrected chi connectivity index (χ1v) is 12.1. The smallest absolute Gasteiger partial charge is 0.166 e. The molecule has 4 bridgehead atoms. The zero-order chi connectivity index (χ0) is 21.4. The molecular weight excluding hydrogens is 382 g/mol. The minimum Gasteiger partial charge on any atom is -0.493 e. The van der Waals surface area contributed by atoms with E-state index in [-0.39, 0.29) is 0 Å². The Morgan fingerprint density at radius 2 is 1.58 bits per heavy atom. The highest BCUT2D eigenvalue weighted by Crippen LogP contribution is 2.61. The highest BCUT2D eigenvalue weighted by Gasteiger charge is 2.52. The van der Waals surface area contributed by atoms with Gasteiger partial charge < -0.3 is 14.8 Å². The Labute approximate surface area is 187 Å². The van der Waals surface area contributed by atoms with Crippen LogP contribution >= 0.6 is 0 Å². The zero-order valence-electron chi connectivity index (χ0n) is 19.3. The number of ether oxygens (including phenoxy) is 2. The van der Waals surface area contributed by atoms with Gasteiger partial charge in [-0.1, -0.05) is 36.4 Å². The maximum Gasteiger partial charge on any atom is 0.166 e. The normalized spacial score (nSPS) is 29.7. The molecule has 0 aromatic heterocycles. The molecule has 0 radical (unpaired) electrons. The molecule has 2 aromatic rings. The molecule has 4 saturated carbocycles. The minimum absolute atomic E-state index is 0.510. The monoisotopic (exact) mass is 419 g/mol. The van der Waals surface area contributed by atoms with Crippen LogP contribution in [0, 0.1) is 30.1 Å². The topological polar surface area (TPSA) is 30.5 Å². The third-order valence-electron chi connectivity index (χ3n) is 8.52. The van der Waals surface area contributed by atoms with E-state index in [1.807, 2.05) is 6.07 Å². The molecule has 4 aliphatic rings. The number of hydrogen-bond donors (Lipinski definition) is 1. The summed E-state index contributed by atoms with van der Waals surface area (Å²) < 4.78 is 12.0. The molecule has 1 atom stereocenters. The lowest BCUT2D eigenvalue weighted by Crippen LogP contribution is -2.54. The summed E-state index contributed by atoms with van der Waals surface area (Å²) >= 11 is 0. The lowest BCUT2D eigenvalue weighted by atomic mass is 9.48. The van der Waals surface area contributed by atoms with E-state index in [0.29, 0.717) is 18.1 Å². The fraction of sp³-hybridized carbons (Fsp3) is 0.571. The summed E-state index contributed by atoms with van der Waals surface area (Å²) in [4.78, 5) is 0. The molecule has 1 unspecified atom stereocenters. The maximum absolute atomic E-state index is 6.34. The summed E-state index contributed by atoms with van der Waals surface area (Å²) in [7, 11) is 1.73. The van der Waals surface area contributed by atoms with Crippen LogP contribution in [0.15, 0.2) is 42.5 Å². The van der Waals surface area contributed by atoms with Crippen LogP contribution in [0.3, 0.4) is 0 Å². The molecule has 166 valence electrons. The SMILES string of the molecule is COc1cccc(CNC(C)C23CC4CC(CC(C4)C2)C3)c1OCc1ccccc1C. The number of para-hydroxylation sites is 1. The van der Waals surface area contributed by atoms with Crippen LogP contribution in [0.4, 0.5) is 0 Å². The molecule has 4 fully saturated rings. The number of nitrogens with one attached hydrogen (secondary N) is 1. The highest BCUT2D eigenvalue weighted by molar-refractivity contribution is 5.47. The van der Waals surface area contributed by atoms with Crippen molar-refractivity contribution in [2.24, 2.45) is 23.2 Å². The Kier molecular flexibility index (Phi) is 5.73. The predicted octanol–water partition coefficient (Wildman–Crippen LogP) is 6.28. The Hall–Kier alpha value is -2.00. The van der Waals surface area contributed by atoms with Crippen LogP contribution in [0.25, 0.3) is 0 Å². The molecular formula is C28H37NO2. The van der Waals surface area contributed by atoms with Gasteiger partial charge in [0, 0.05) is 18.2 Å². The van der Waals surface area contributed by atoms with Gasteiger partial charge in [-0.15, -0.1) is 0 Å². The van der Waals surface area contributed by atoms with Gasteiger partial charge in [0.2, 0.25) is 0 Å². The molecule has 0 saturated heterocycles. The fourth-order valence-corrected chi connectivity index (χ4v) is 7.13. The van der Waals surface area contributed by atoms with Crippen molar-refractivity contribution in [3.8, 4) is 11.5 Å². The summed E-state index contributed by atoms with van der Waals surface area (Å²) in [6.45, 7) is 5.95. The summed E-state index contributed by atoms with van der Waals surface area (Å²) in [5.74, 6) is 4.65. The van der Waals surface area contributed by atoms with Gasteiger partial charge >= 0.3 is 0 Å². The molecule has 0 spiro atoms. The quantitative estimate of drug-likeness (QED) is 0.546. The Bertz CT molecular complexity index is 886. The van der Waals surface area contributed by atoms with E-state index in [1.54, 1.807) is 7.11 Å². The minimum atomic E-state index is 0.510. The van der Waals surface area contributed by atoms with Crippen molar-refractivity contribution in [2.45, 2.75) is 71.6 Å². The summed E-state index contributed by atoms with van der Waals surface area (Å²) in [5.41, 5.74) is 4.17. The lowest BCUT2D eigenvalue weighted by molar-refractivity contribution is -0.0706. The van der Waals surface area contributed by atoms with E-state index in [4.69, 9.17) is 9.47 Å². The number of methoxy groups -OCH3 is 1. The Morgan fingerprint density at radius 3 is 2.23 bits per heavy atom. The van der Waals surface area contributed by atoms with Gasteiger partial charge in [0.25, 0.3) is 0 Å². The van der Waals surface area contributed by atoms with Gasteiger partial charge in [-0.05, 0) is 92.7 Å². The average molecular weight is 420 g/mol. The van der Waals surface area contributed by atoms with E-state index in [1.165, 1.54) is 55.2 Å². The van der Waals surface area contributed by atoms with Crippen LogP contribution in [-0.4, -0.2) is 13.2 Å². The predicted molar refractivity (Wildman–Crippen MR) is 125 cm³/mol. The number of rotatable bonds is 8. The number of benzene rings is 2. The standard InChI is InChI=1S/C28H37NO2/c1-19-7-4-5-8-25(19)18-31-27-24(9-6-10-26(27)30-3)17-29-20(2)28-14-21-11-22(15-28)13-23(12-21)16-28/h4-10,20-23,29H,11-18H2,1-3H3. The van der Waals surface area contributed by atoms with Gasteiger partial charge in [-0.25, -0.2) is 0 Å². The van der Waals surface area contributed by atoms with E-state index < -0.39 is 0 Å². The molecule has 2 aromatic carbocycles. The Morgan fingerprint density at radius 1 is 0.935 bits per heavy atom. The van der Waals surface area contributed by atoms with Crippen molar-refractivity contribution in [1.29, 1.82) is 0 Å². The molecule has 3 nitrogen and oxygen atoms in total. The highest BCUT2D eigenvalue weighted by atomic mass is 16.5. The zero-order valence-corrected chi connectivity index (χ0v) is 19.3. The summed E-state index contributed by atoms with van der Waals surface area (Å²) in [6, 6.07) is 15.2. The van der Waals surface area contributed by atoms with E-state index >= 15 is 0 Å². The fourth-order valence-electron chi connectivity index (χ4n) is 7.13. The van der Waals surface area contributed by atoms with Crippen LogP contribution in [0.5, 0.6) is 11.5 Å². The molecule has 1 N–H and O–H groups in total. The number of hydrogen-bond acceptors (Lipinski definition) is 3. The van der Waals surface area contributed by atoms with Crippen molar-refractivity contribution in [3.05, 3.63) is 59.2 Å². The average Bonchev–Trinajstić information content (AvgIpc) is 2.76. The van der Waals surface area contributed by atoms with E-state index in [2.05, 4.69) is 55.6 Å².